The van der Waals surface area contributed by atoms with Crippen LogP contribution in [0.3, 0.4) is 0 Å². The molecule has 0 radical (unpaired) electrons. The molecule has 0 unspecified atom stereocenters. The number of benzene rings is 2. The summed E-state index contributed by atoms with van der Waals surface area (Å²) in [6, 6.07) is 15.3. The summed E-state index contributed by atoms with van der Waals surface area (Å²) in [6.45, 7) is 7.56. The molecule has 1 atom stereocenters. The van der Waals surface area contributed by atoms with Crippen LogP contribution in [0.25, 0.3) is 0 Å². The summed E-state index contributed by atoms with van der Waals surface area (Å²) in [5, 5.41) is 2.91. The summed E-state index contributed by atoms with van der Waals surface area (Å²) in [5.41, 5.74) is 2.40. The first kappa shape index (κ1) is 23.3. The standard InChI is InChI=1S/C24H27N3O4S/c1-5-18(4)26-24(28)19-8-11-21(12-9-19)31-23-13-10-20(15-25-23)27-32(29,30)22-14-16(2)6-7-17(22)3/h6-15,18,27H,5H2,1-4H3,(H,26,28)/t18-/m0/s1. The van der Waals surface area contributed by atoms with Crippen molar-refractivity contribution in [2.75, 3.05) is 4.72 Å². The van der Waals surface area contributed by atoms with Crippen LogP contribution in [0, 0.1) is 13.8 Å². The monoisotopic (exact) mass is 453 g/mol. The van der Waals surface area contributed by atoms with Crippen molar-refractivity contribution in [3.63, 3.8) is 0 Å². The smallest absolute Gasteiger partial charge is 0.262 e. The van der Waals surface area contributed by atoms with Crippen LogP contribution in [-0.2, 0) is 10.0 Å². The molecule has 7 nitrogen and oxygen atoms in total. The first-order valence-electron chi connectivity index (χ1n) is 10.3. The summed E-state index contributed by atoms with van der Waals surface area (Å²) in [6.07, 6.45) is 2.25. The maximum absolute atomic E-state index is 12.7. The number of amides is 1. The predicted octanol–water partition coefficient (Wildman–Crippen LogP) is 4.82. The number of carbonyl (C=O) groups excluding carboxylic acids is 1. The number of hydrogen-bond donors (Lipinski definition) is 2. The molecule has 168 valence electrons. The van der Waals surface area contributed by atoms with E-state index in [0.717, 1.165) is 12.0 Å². The van der Waals surface area contributed by atoms with E-state index >= 15 is 0 Å². The van der Waals surface area contributed by atoms with Gasteiger partial charge in [0.2, 0.25) is 5.88 Å². The van der Waals surface area contributed by atoms with Gasteiger partial charge < -0.3 is 10.1 Å². The van der Waals surface area contributed by atoms with Crippen molar-refractivity contribution in [3.8, 4) is 11.6 Å². The molecule has 1 amide bonds. The van der Waals surface area contributed by atoms with E-state index in [4.69, 9.17) is 4.74 Å². The fourth-order valence-electron chi connectivity index (χ4n) is 2.91. The number of hydrogen-bond acceptors (Lipinski definition) is 5. The van der Waals surface area contributed by atoms with Gasteiger partial charge in [0.15, 0.2) is 0 Å². The number of pyridine rings is 1. The highest BCUT2D eigenvalue weighted by Gasteiger charge is 2.17. The van der Waals surface area contributed by atoms with Crippen LogP contribution in [-0.4, -0.2) is 25.4 Å². The Labute approximate surface area is 188 Å². The molecule has 3 aromatic rings. The van der Waals surface area contributed by atoms with Gasteiger partial charge in [-0.05, 0) is 74.7 Å². The zero-order chi connectivity index (χ0) is 23.3. The van der Waals surface area contributed by atoms with Crippen molar-refractivity contribution in [1.82, 2.24) is 10.3 Å². The number of carbonyl (C=O) groups is 1. The molecule has 0 bridgehead atoms. The molecular weight excluding hydrogens is 426 g/mol. The third-order valence-corrected chi connectivity index (χ3v) is 6.47. The van der Waals surface area contributed by atoms with Gasteiger partial charge in [-0.15, -0.1) is 0 Å². The minimum Gasteiger partial charge on any atom is -0.439 e. The van der Waals surface area contributed by atoms with Crippen molar-refractivity contribution < 1.29 is 17.9 Å². The third kappa shape index (κ3) is 5.85. The quantitative estimate of drug-likeness (QED) is 0.510. The Bertz CT molecular complexity index is 1190. The fraction of sp³-hybridized carbons (Fsp3) is 0.250. The lowest BCUT2D eigenvalue weighted by atomic mass is 10.2. The summed E-state index contributed by atoms with van der Waals surface area (Å²) in [4.78, 5) is 16.6. The van der Waals surface area contributed by atoms with Crippen LogP contribution < -0.4 is 14.8 Å². The Morgan fingerprint density at radius 3 is 2.41 bits per heavy atom. The third-order valence-electron chi connectivity index (χ3n) is 4.95. The first-order valence-corrected chi connectivity index (χ1v) is 11.8. The molecular formula is C24H27N3O4S. The summed E-state index contributed by atoms with van der Waals surface area (Å²) >= 11 is 0. The van der Waals surface area contributed by atoms with E-state index in [1.807, 2.05) is 26.8 Å². The lowest BCUT2D eigenvalue weighted by Crippen LogP contribution is -2.31. The van der Waals surface area contributed by atoms with Gasteiger partial charge in [-0.1, -0.05) is 19.1 Å². The Morgan fingerprint density at radius 1 is 1.06 bits per heavy atom. The van der Waals surface area contributed by atoms with E-state index in [9.17, 15) is 13.2 Å². The molecule has 0 saturated carbocycles. The number of aryl methyl sites for hydroxylation is 2. The van der Waals surface area contributed by atoms with Crippen LogP contribution in [0.15, 0.2) is 65.7 Å². The molecule has 0 saturated heterocycles. The van der Waals surface area contributed by atoms with Crippen LogP contribution in [0.4, 0.5) is 5.69 Å². The average molecular weight is 454 g/mol. The molecule has 0 aliphatic carbocycles. The highest BCUT2D eigenvalue weighted by molar-refractivity contribution is 7.92. The van der Waals surface area contributed by atoms with Crippen molar-refractivity contribution in [3.05, 3.63) is 77.5 Å². The van der Waals surface area contributed by atoms with E-state index < -0.39 is 10.0 Å². The second-order valence-electron chi connectivity index (χ2n) is 7.67. The summed E-state index contributed by atoms with van der Waals surface area (Å²) in [7, 11) is -3.73. The van der Waals surface area contributed by atoms with Crippen LogP contribution in [0.1, 0.15) is 41.8 Å². The maximum Gasteiger partial charge on any atom is 0.262 e. The summed E-state index contributed by atoms with van der Waals surface area (Å²) < 4.78 is 33.7. The first-order chi connectivity index (χ1) is 15.2. The Hall–Kier alpha value is -3.39. The molecule has 2 aromatic carbocycles. The van der Waals surface area contributed by atoms with Crippen LogP contribution >= 0.6 is 0 Å². The van der Waals surface area contributed by atoms with E-state index in [-0.39, 0.29) is 16.8 Å². The van der Waals surface area contributed by atoms with Gasteiger partial charge in [0, 0.05) is 17.7 Å². The average Bonchev–Trinajstić information content (AvgIpc) is 2.77. The van der Waals surface area contributed by atoms with E-state index in [2.05, 4.69) is 15.0 Å². The summed E-state index contributed by atoms with van der Waals surface area (Å²) in [5.74, 6) is 0.683. The molecule has 3 rings (SSSR count). The van der Waals surface area contributed by atoms with Gasteiger partial charge in [0.25, 0.3) is 15.9 Å². The second-order valence-corrected chi connectivity index (χ2v) is 9.32. The molecule has 2 N–H and O–H groups in total. The fourth-order valence-corrected chi connectivity index (χ4v) is 4.29. The SMILES string of the molecule is CC[C@H](C)NC(=O)c1ccc(Oc2ccc(NS(=O)(=O)c3cc(C)ccc3C)cn2)cc1. The van der Waals surface area contributed by atoms with E-state index in [0.29, 0.717) is 28.4 Å². The minimum absolute atomic E-state index is 0.105. The number of nitrogens with one attached hydrogen (secondary N) is 2. The lowest BCUT2D eigenvalue weighted by Gasteiger charge is -2.12. The minimum atomic E-state index is -3.73. The van der Waals surface area contributed by atoms with Gasteiger partial charge >= 0.3 is 0 Å². The van der Waals surface area contributed by atoms with Gasteiger partial charge in [-0.2, -0.15) is 0 Å². The second kappa shape index (κ2) is 9.82. The largest absolute Gasteiger partial charge is 0.439 e. The highest BCUT2D eigenvalue weighted by atomic mass is 32.2. The molecule has 1 aromatic heterocycles. The van der Waals surface area contributed by atoms with E-state index in [1.165, 1.54) is 6.20 Å². The highest BCUT2D eigenvalue weighted by Crippen LogP contribution is 2.23. The number of aromatic nitrogens is 1. The number of nitrogens with zero attached hydrogens (tertiary/aromatic N) is 1. The zero-order valence-corrected chi connectivity index (χ0v) is 19.4. The number of ether oxygens (including phenoxy) is 1. The van der Waals surface area contributed by atoms with Gasteiger partial charge in [-0.25, -0.2) is 13.4 Å². The maximum atomic E-state index is 12.7. The van der Waals surface area contributed by atoms with Crippen molar-refractivity contribution in [2.24, 2.45) is 0 Å². The molecule has 0 fully saturated rings. The van der Waals surface area contributed by atoms with Crippen molar-refractivity contribution in [1.29, 1.82) is 0 Å². The molecule has 0 spiro atoms. The normalized spacial score (nSPS) is 12.1. The predicted molar refractivity (Wildman–Crippen MR) is 125 cm³/mol. The van der Waals surface area contributed by atoms with Gasteiger partial charge in [-0.3, -0.25) is 9.52 Å². The number of sulfonamides is 1. The Kier molecular flexibility index (Phi) is 7.15. The molecule has 1 heterocycles. The number of anilines is 1. The van der Waals surface area contributed by atoms with Crippen LogP contribution in [0.5, 0.6) is 11.6 Å². The van der Waals surface area contributed by atoms with Crippen LogP contribution in [0.2, 0.25) is 0 Å². The zero-order valence-electron chi connectivity index (χ0n) is 18.5. The van der Waals surface area contributed by atoms with E-state index in [1.54, 1.807) is 55.5 Å². The molecule has 0 aliphatic rings. The van der Waals surface area contributed by atoms with Gasteiger partial charge in [0.05, 0.1) is 16.8 Å². The Morgan fingerprint density at radius 2 is 1.78 bits per heavy atom. The number of rotatable bonds is 8. The molecule has 0 aliphatic heterocycles. The lowest BCUT2D eigenvalue weighted by molar-refractivity contribution is 0.0939. The topological polar surface area (TPSA) is 97.4 Å². The molecule has 32 heavy (non-hydrogen) atoms. The van der Waals surface area contributed by atoms with Crippen molar-refractivity contribution >= 4 is 21.6 Å². The Balaban J connectivity index is 1.66. The van der Waals surface area contributed by atoms with Gasteiger partial charge in [0.1, 0.15) is 5.75 Å². The van der Waals surface area contributed by atoms with Crippen molar-refractivity contribution in [2.45, 2.75) is 45.1 Å². The molecule has 8 heteroatoms.